The number of para-hydroxylation sites is 1. The van der Waals surface area contributed by atoms with Crippen LogP contribution in [0.2, 0.25) is 0 Å². The molecule has 2 aromatic carbocycles. The quantitative estimate of drug-likeness (QED) is 0.394. The molecule has 0 aliphatic carbocycles. The van der Waals surface area contributed by atoms with Gasteiger partial charge in [0.15, 0.2) is 4.80 Å². The van der Waals surface area contributed by atoms with E-state index in [2.05, 4.69) is 35.3 Å². The fraction of sp³-hybridized carbons (Fsp3) is 0.233. The van der Waals surface area contributed by atoms with Crippen LogP contribution in [0.1, 0.15) is 41.8 Å². The monoisotopic (exact) mass is 540 g/mol. The van der Waals surface area contributed by atoms with Crippen LogP contribution in [-0.2, 0) is 4.79 Å². The van der Waals surface area contributed by atoms with Crippen molar-refractivity contribution in [2.75, 3.05) is 23.3 Å². The van der Waals surface area contributed by atoms with Crippen molar-refractivity contribution in [3.05, 3.63) is 113 Å². The maximum atomic E-state index is 13.8. The fourth-order valence-electron chi connectivity index (χ4n) is 5.28. The summed E-state index contributed by atoms with van der Waals surface area (Å²) in [7, 11) is 0. The number of nitrogens with one attached hydrogen (secondary N) is 1. The molecular weight excluding hydrogens is 512 g/mol. The van der Waals surface area contributed by atoms with Gasteiger partial charge in [-0.25, -0.2) is 4.99 Å². The zero-order chi connectivity index (χ0) is 26.2. The van der Waals surface area contributed by atoms with Crippen LogP contribution in [0.5, 0.6) is 0 Å². The van der Waals surface area contributed by atoms with Crippen LogP contribution in [0.25, 0.3) is 6.08 Å². The lowest BCUT2D eigenvalue weighted by molar-refractivity contribution is -0.113. The van der Waals surface area contributed by atoms with Gasteiger partial charge in [0.25, 0.3) is 11.5 Å². The van der Waals surface area contributed by atoms with E-state index in [-0.39, 0.29) is 11.5 Å². The van der Waals surface area contributed by atoms with E-state index >= 15 is 0 Å². The minimum absolute atomic E-state index is 0.133. The second-order valence-corrected chi connectivity index (χ2v) is 11.6. The van der Waals surface area contributed by atoms with E-state index in [1.807, 2.05) is 60.8 Å². The zero-order valence-corrected chi connectivity index (χ0v) is 22.9. The molecule has 0 spiro atoms. The minimum atomic E-state index is -0.531. The Balaban J connectivity index is 1.42. The van der Waals surface area contributed by atoms with Gasteiger partial charge in [-0.05, 0) is 79.6 Å². The van der Waals surface area contributed by atoms with E-state index in [9.17, 15) is 9.59 Å². The highest BCUT2D eigenvalue weighted by Crippen LogP contribution is 2.33. The SMILES string of the molecule is CC1=C(C(=O)Nc2ccccc2)[C@@H](c2cccs2)n2c(s/c(=C/c3ccc(N4CCCC4)c(C)c3)c2=O)=N1. The highest BCUT2D eigenvalue weighted by molar-refractivity contribution is 7.10. The molecule has 4 aromatic rings. The first-order valence-electron chi connectivity index (χ1n) is 12.8. The summed E-state index contributed by atoms with van der Waals surface area (Å²) in [4.78, 5) is 36.1. The molecule has 0 saturated carbocycles. The van der Waals surface area contributed by atoms with Crippen molar-refractivity contribution in [1.82, 2.24) is 4.57 Å². The molecule has 2 aliphatic rings. The van der Waals surface area contributed by atoms with Gasteiger partial charge >= 0.3 is 0 Å². The van der Waals surface area contributed by atoms with E-state index in [4.69, 9.17) is 4.99 Å². The third-order valence-electron chi connectivity index (χ3n) is 7.08. The number of allylic oxidation sites excluding steroid dienone is 1. The molecule has 1 N–H and O–H groups in total. The summed E-state index contributed by atoms with van der Waals surface area (Å²) in [6.07, 6.45) is 4.41. The number of aromatic nitrogens is 1. The summed E-state index contributed by atoms with van der Waals surface area (Å²) in [5.74, 6) is -0.252. The van der Waals surface area contributed by atoms with E-state index < -0.39 is 6.04 Å². The van der Waals surface area contributed by atoms with Crippen molar-refractivity contribution in [2.24, 2.45) is 4.99 Å². The molecule has 2 aliphatic heterocycles. The molecule has 6 rings (SSSR count). The summed E-state index contributed by atoms with van der Waals surface area (Å²) < 4.78 is 2.29. The number of rotatable bonds is 5. The van der Waals surface area contributed by atoms with Crippen molar-refractivity contribution in [1.29, 1.82) is 0 Å². The topological polar surface area (TPSA) is 66.7 Å². The molecule has 1 amide bonds. The second-order valence-electron chi connectivity index (χ2n) is 9.66. The van der Waals surface area contributed by atoms with Gasteiger partial charge < -0.3 is 10.2 Å². The van der Waals surface area contributed by atoms with Crippen LogP contribution in [0.15, 0.2) is 87.1 Å². The van der Waals surface area contributed by atoms with Crippen LogP contribution in [0.4, 0.5) is 11.4 Å². The number of carbonyl (C=O) groups excluding carboxylic acids is 1. The van der Waals surface area contributed by atoms with Crippen LogP contribution < -0.4 is 25.1 Å². The smallest absolute Gasteiger partial charge is 0.271 e. The number of hydrogen-bond acceptors (Lipinski definition) is 6. The number of thiophene rings is 1. The minimum Gasteiger partial charge on any atom is -0.371 e. The average molecular weight is 541 g/mol. The summed E-state index contributed by atoms with van der Waals surface area (Å²) in [6, 6.07) is 19.1. The largest absolute Gasteiger partial charge is 0.371 e. The lowest BCUT2D eigenvalue weighted by Gasteiger charge is -2.24. The molecule has 192 valence electrons. The first kappa shape index (κ1) is 24.6. The van der Waals surface area contributed by atoms with Crippen LogP contribution in [0, 0.1) is 6.92 Å². The maximum absolute atomic E-state index is 13.8. The molecule has 4 heterocycles. The zero-order valence-electron chi connectivity index (χ0n) is 21.3. The Morgan fingerprint density at radius 2 is 1.84 bits per heavy atom. The van der Waals surface area contributed by atoms with E-state index in [1.54, 1.807) is 4.57 Å². The molecule has 2 aromatic heterocycles. The molecule has 38 heavy (non-hydrogen) atoms. The Morgan fingerprint density at radius 1 is 1.05 bits per heavy atom. The number of amides is 1. The van der Waals surface area contributed by atoms with E-state index in [0.29, 0.717) is 26.3 Å². The summed E-state index contributed by atoms with van der Waals surface area (Å²) >= 11 is 2.91. The van der Waals surface area contributed by atoms with Crippen molar-refractivity contribution in [3.63, 3.8) is 0 Å². The molecular formula is C30H28N4O2S2. The summed E-state index contributed by atoms with van der Waals surface area (Å²) in [6.45, 7) is 6.17. The van der Waals surface area contributed by atoms with Crippen molar-refractivity contribution < 1.29 is 4.79 Å². The number of anilines is 2. The Morgan fingerprint density at radius 3 is 2.55 bits per heavy atom. The lowest BCUT2D eigenvalue weighted by atomic mass is 10.0. The molecule has 0 radical (unpaired) electrons. The third kappa shape index (κ3) is 4.54. The Kier molecular flexibility index (Phi) is 6.59. The highest BCUT2D eigenvalue weighted by Gasteiger charge is 2.33. The summed E-state index contributed by atoms with van der Waals surface area (Å²) in [5.41, 5.74) is 5.14. The molecule has 8 heteroatoms. The Labute approximate surface area is 228 Å². The third-order valence-corrected chi connectivity index (χ3v) is 8.98. The average Bonchev–Trinajstić information content (AvgIpc) is 3.67. The van der Waals surface area contributed by atoms with Gasteiger partial charge in [0.1, 0.15) is 6.04 Å². The van der Waals surface area contributed by atoms with Crippen LogP contribution in [-0.4, -0.2) is 23.6 Å². The molecule has 1 atom stereocenters. The van der Waals surface area contributed by atoms with Crippen LogP contribution >= 0.6 is 22.7 Å². The molecule has 1 saturated heterocycles. The first-order valence-corrected chi connectivity index (χ1v) is 14.5. The van der Waals surface area contributed by atoms with Gasteiger partial charge in [-0.1, -0.05) is 41.7 Å². The number of thiazole rings is 1. The number of carbonyl (C=O) groups is 1. The second kappa shape index (κ2) is 10.2. The van der Waals surface area contributed by atoms with Gasteiger partial charge in [-0.2, -0.15) is 0 Å². The molecule has 6 nitrogen and oxygen atoms in total. The molecule has 0 bridgehead atoms. The lowest BCUT2D eigenvalue weighted by Crippen LogP contribution is -2.40. The first-order chi connectivity index (χ1) is 18.5. The van der Waals surface area contributed by atoms with Gasteiger partial charge in [0.05, 0.1) is 15.8 Å². The number of fused-ring (bicyclic) bond motifs is 1. The van der Waals surface area contributed by atoms with Crippen molar-refractivity contribution >= 4 is 46.0 Å². The summed E-state index contributed by atoms with van der Waals surface area (Å²) in [5, 5.41) is 4.96. The van der Waals surface area contributed by atoms with Crippen LogP contribution in [0.3, 0.4) is 0 Å². The Bertz CT molecular complexity index is 1710. The number of benzene rings is 2. The number of aryl methyl sites for hydroxylation is 1. The normalized spacial score (nSPS) is 17.5. The predicted molar refractivity (Wildman–Crippen MR) is 156 cm³/mol. The standard InChI is InChI=1S/C30H28N4O2S2/c1-19-17-21(12-13-23(19)33-14-6-7-15-33)18-25-29(36)34-27(24-11-8-16-37-24)26(20(2)31-30(34)38-25)28(35)32-22-9-4-3-5-10-22/h3-5,8-13,16-18,27H,6-7,14-15H2,1-2H3,(H,32,35)/b25-18+/t27-/m1/s1. The van der Waals surface area contributed by atoms with Gasteiger partial charge in [-0.3, -0.25) is 14.2 Å². The van der Waals surface area contributed by atoms with Crippen molar-refractivity contribution in [2.45, 2.75) is 32.7 Å². The number of hydrogen-bond donors (Lipinski definition) is 1. The molecule has 1 fully saturated rings. The van der Waals surface area contributed by atoms with Gasteiger partial charge in [-0.15, -0.1) is 11.3 Å². The Hall–Kier alpha value is -3.75. The predicted octanol–water partition coefficient (Wildman–Crippen LogP) is 4.84. The van der Waals surface area contributed by atoms with Crippen molar-refractivity contribution in [3.8, 4) is 0 Å². The number of nitrogens with zero attached hydrogens (tertiary/aromatic N) is 3. The van der Waals surface area contributed by atoms with E-state index in [1.165, 1.54) is 46.8 Å². The highest BCUT2D eigenvalue weighted by atomic mass is 32.1. The van der Waals surface area contributed by atoms with E-state index in [0.717, 1.165) is 23.5 Å². The van der Waals surface area contributed by atoms with Gasteiger partial charge in [0, 0.05) is 29.3 Å². The fourth-order valence-corrected chi connectivity index (χ4v) is 7.15. The maximum Gasteiger partial charge on any atom is 0.271 e. The molecule has 0 unspecified atom stereocenters. The van der Waals surface area contributed by atoms with Gasteiger partial charge in [0.2, 0.25) is 0 Å².